The van der Waals surface area contributed by atoms with E-state index >= 15 is 0 Å². The van der Waals surface area contributed by atoms with Gasteiger partial charge in [-0.2, -0.15) is 0 Å². The van der Waals surface area contributed by atoms with Crippen LogP contribution in [0.2, 0.25) is 0 Å². The molecule has 0 fully saturated rings. The van der Waals surface area contributed by atoms with Crippen molar-refractivity contribution in [3.05, 3.63) is 65.5 Å². The Balaban J connectivity index is 1.80. The largest absolute Gasteiger partial charge is 0.324 e. The maximum absolute atomic E-state index is 13.5. The van der Waals surface area contributed by atoms with Crippen LogP contribution in [-0.2, 0) is 6.54 Å². The fourth-order valence-corrected chi connectivity index (χ4v) is 3.46. The summed E-state index contributed by atoms with van der Waals surface area (Å²) in [4.78, 5) is 19.4. The number of amidine groups is 1. The SMILES string of the molecule is O=C1c2ccccc2N(Cc2cccc(F)c2)C2=NCCCC12. The van der Waals surface area contributed by atoms with E-state index < -0.39 is 0 Å². The van der Waals surface area contributed by atoms with Gasteiger partial charge in [-0.3, -0.25) is 9.79 Å². The molecule has 3 nitrogen and oxygen atoms in total. The third kappa shape index (κ3) is 2.44. The van der Waals surface area contributed by atoms with Crippen LogP contribution in [0.3, 0.4) is 0 Å². The van der Waals surface area contributed by atoms with Crippen molar-refractivity contribution in [1.29, 1.82) is 0 Å². The van der Waals surface area contributed by atoms with Gasteiger partial charge in [-0.15, -0.1) is 0 Å². The summed E-state index contributed by atoms with van der Waals surface area (Å²) in [6, 6.07) is 14.2. The molecular weight excluding hydrogens is 291 g/mol. The normalized spacial score (nSPS) is 19.9. The zero-order valence-electron chi connectivity index (χ0n) is 12.7. The van der Waals surface area contributed by atoms with Gasteiger partial charge in [0.2, 0.25) is 0 Å². The van der Waals surface area contributed by atoms with Crippen molar-refractivity contribution in [3.63, 3.8) is 0 Å². The number of fused-ring (bicyclic) bond motifs is 2. The molecule has 1 unspecified atom stereocenters. The fourth-order valence-electron chi connectivity index (χ4n) is 3.46. The molecular formula is C19H17FN2O. The summed E-state index contributed by atoms with van der Waals surface area (Å²) in [5.41, 5.74) is 2.49. The van der Waals surface area contributed by atoms with Crippen LogP contribution in [-0.4, -0.2) is 18.2 Å². The zero-order valence-corrected chi connectivity index (χ0v) is 12.7. The molecule has 2 aliphatic rings. The van der Waals surface area contributed by atoms with Gasteiger partial charge >= 0.3 is 0 Å². The van der Waals surface area contributed by atoms with Gasteiger partial charge in [0.15, 0.2) is 5.78 Å². The fraction of sp³-hybridized carbons (Fsp3) is 0.263. The Labute approximate surface area is 134 Å². The van der Waals surface area contributed by atoms with Crippen molar-refractivity contribution in [2.24, 2.45) is 10.9 Å². The van der Waals surface area contributed by atoms with E-state index in [1.807, 2.05) is 30.3 Å². The highest BCUT2D eigenvalue weighted by atomic mass is 19.1. The average molecular weight is 308 g/mol. The van der Waals surface area contributed by atoms with E-state index in [-0.39, 0.29) is 17.5 Å². The number of nitrogens with zero attached hydrogens (tertiary/aromatic N) is 2. The molecule has 2 heterocycles. The quantitative estimate of drug-likeness (QED) is 0.844. The lowest BCUT2D eigenvalue weighted by molar-refractivity contribution is 0.0943. The Morgan fingerprint density at radius 1 is 1.17 bits per heavy atom. The summed E-state index contributed by atoms with van der Waals surface area (Å²) >= 11 is 0. The van der Waals surface area contributed by atoms with Gasteiger partial charge in [0, 0.05) is 18.7 Å². The third-order valence-electron chi connectivity index (χ3n) is 4.52. The van der Waals surface area contributed by atoms with Crippen LogP contribution in [0.25, 0.3) is 0 Å². The Bertz CT molecular complexity index is 799. The number of aliphatic imine (C=N–C) groups is 1. The zero-order chi connectivity index (χ0) is 15.8. The molecule has 0 bridgehead atoms. The van der Waals surface area contributed by atoms with Crippen LogP contribution < -0.4 is 4.90 Å². The lowest BCUT2D eigenvalue weighted by Crippen LogP contribution is -2.46. The van der Waals surface area contributed by atoms with Gasteiger partial charge in [-0.05, 0) is 42.7 Å². The average Bonchev–Trinajstić information content (AvgIpc) is 2.59. The predicted octanol–water partition coefficient (Wildman–Crippen LogP) is 3.84. The molecule has 0 radical (unpaired) electrons. The highest BCUT2D eigenvalue weighted by molar-refractivity contribution is 6.23. The number of hydrogen-bond donors (Lipinski definition) is 0. The molecule has 4 heteroatoms. The molecule has 0 saturated heterocycles. The molecule has 0 amide bonds. The molecule has 0 spiro atoms. The second-order valence-corrected chi connectivity index (χ2v) is 6.03. The van der Waals surface area contributed by atoms with Gasteiger partial charge in [0.1, 0.15) is 11.7 Å². The van der Waals surface area contributed by atoms with Gasteiger partial charge < -0.3 is 4.90 Å². The van der Waals surface area contributed by atoms with Crippen molar-refractivity contribution in [3.8, 4) is 0 Å². The second-order valence-electron chi connectivity index (χ2n) is 6.03. The van der Waals surface area contributed by atoms with E-state index in [0.29, 0.717) is 6.54 Å². The maximum atomic E-state index is 13.5. The molecule has 1 atom stereocenters. The van der Waals surface area contributed by atoms with Crippen LogP contribution in [0.1, 0.15) is 28.8 Å². The molecule has 4 rings (SSSR count). The van der Waals surface area contributed by atoms with Crippen molar-refractivity contribution >= 4 is 17.3 Å². The Kier molecular flexibility index (Phi) is 3.45. The number of halogens is 1. The Morgan fingerprint density at radius 2 is 2.04 bits per heavy atom. The minimum Gasteiger partial charge on any atom is -0.324 e. The first-order valence-corrected chi connectivity index (χ1v) is 7.93. The molecule has 116 valence electrons. The first-order valence-electron chi connectivity index (χ1n) is 7.93. The second kappa shape index (κ2) is 5.61. The lowest BCUT2D eigenvalue weighted by Gasteiger charge is -2.38. The number of carbonyl (C=O) groups is 1. The van der Waals surface area contributed by atoms with Gasteiger partial charge in [-0.25, -0.2) is 4.39 Å². The van der Waals surface area contributed by atoms with Crippen LogP contribution in [0.15, 0.2) is 53.5 Å². The first-order chi connectivity index (χ1) is 11.2. The van der Waals surface area contributed by atoms with Crippen LogP contribution in [0.4, 0.5) is 10.1 Å². The first kappa shape index (κ1) is 14.1. The minimum absolute atomic E-state index is 0.160. The number of hydrogen-bond acceptors (Lipinski definition) is 3. The number of Topliss-reactive ketones (excluding diaryl/α,β-unsaturated/α-hetero) is 1. The summed E-state index contributed by atoms with van der Waals surface area (Å²) in [6.07, 6.45) is 1.78. The van der Waals surface area contributed by atoms with E-state index in [1.165, 1.54) is 12.1 Å². The lowest BCUT2D eigenvalue weighted by atomic mass is 9.85. The molecule has 0 N–H and O–H groups in total. The van der Waals surface area contributed by atoms with E-state index in [4.69, 9.17) is 0 Å². The number of rotatable bonds is 2. The summed E-state index contributed by atoms with van der Waals surface area (Å²) in [7, 11) is 0. The van der Waals surface area contributed by atoms with Gasteiger partial charge in [-0.1, -0.05) is 24.3 Å². The van der Waals surface area contributed by atoms with E-state index in [2.05, 4.69) is 9.89 Å². The van der Waals surface area contributed by atoms with Crippen LogP contribution in [0, 0.1) is 11.7 Å². The maximum Gasteiger partial charge on any atom is 0.175 e. The molecule has 0 saturated carbocycles. The number of carbonyl (C=O) groups excluding carboxylic acids is 1. The standard InChI is InChI=1S/C19H17FN2O/c20-14-6-3-5-13(11-14)12-22-17-9-2-1-7-15(17)18(23)16-8-4-10-21-19(16)22/h1-3,5-7,9,11,16H,4,8,10,12H2. The minimum atomic E-state index is -0.244. The van der Waals surface area contributed by atoms with Crippen molar-refractivity contribution in [1.82, 2.24) is 0 Å². The summed E-state index contributed by atoms with van der Waals surface area (Å²) in [5, 5.41) is 0. The van der Waals surface area contributed by atoms with Crippen molar-refractivity contribution in [2.75, 3.05) is 11.4 Å². The van der Waals surface area contributed by atoms with Crippen LogP contribution in [0.5, 0.6) is 0 Å². The molecule has 2 aromatic carbocycles. The predicted molar refractivity (Wildman–Crippen MR) is 88.4 cm³/mol. The Hall–Kier alpha value is -2.49. The van der Waals surface area contributed by atoms with Crippen molar-refractivity contribution < 1.29 is 9.18 Å². The number of para-hydroxylation sites is 1. The van der Waals surface area contributed by atoms with Crippen LogP contribution >= 0.6 is 0 Å². The smallest absolute Gasteiger partial charge is 0.175 e. The topological polar surface area (TPSA) is 32.7 Å². The van der Waals surface area contributed by atoms with Gasteiger partial charge in [0.05, 0.1) is 11.6 Å². The van der Waals surface area contributed by atoms with E-state index in [1.54, 1.807) is 6.07 Å². The molecule has 0 aliphatic carbocycles. The van der Waals surface area contributed by atoms with E-state index in [0.717, 1.165) is 42.0 Å². The van der Waals surface area contributed by atoms with E-state index in [9.17, 15) is 9.18 Å². The highest BCUT2D eigenvalue weighted by Gasteiger charge is 2.38. The van der Waals surface area contributed by atoms with Crippen molar-refractivity contribution in [2.45, 2.75) is 19.4 Å². The number of ketones is 1. The van der Waals surface area contributed by atoms with Gasteiger partial charge in [0.25, 0.3) is 0 Å². The number of benzene rings is 2. The monoisotopic (exact) mass is 308 g/mol. The number of anilines is 1. The summed E-state index contributed by atoms with van der Waals surface area (Å²) < 4.78 is 13.5. The summed E-state index contributed by atoms with van der Waals surface area (Å²) in [5.74, 6) is 0.594. The Morgan fingerprint density at radius 3 is 2.91 bits per heavy atom. The third-order valence-corrected chi connectivity index (χ3v) is 4.52. The molecule has 2 aromatic rings. The summed E-state index contributed by atoms with van der Waals surface area (Å²) in [6.45, 7) is 1.28. The molecule has 2 aliphatic heterocycles. The molecule has 0 aromatic heterocycles. The molecule has 23 heavy (non-hydrogen) atoms. The highest BCUT2D eigenvalue weighted by Crippen LogP contribution is 2.35.